The molecule has 4 aliphatic carbocycles. The Morgan fingerprint density at radius 3 is 2.23 bits per heavy atom. The number of ether oxygens (including phenoxy) is 3. The molecule has 0 heterocycles. The van der Waals surface area contributed by atoms with Gasteiger partial charge >= 0.3 is 5.97 Å². The number of carbonyl (C=O) groups excluding carboxylic acids is 1. The van der Waals surface area contributed by atoms with Crippen LogP contribution in [0.3, 0.4) is 0 Å². The van der Waals surface area contributed by atoms with Gasteiger partial charge in [0.15, 0.2) is 0 Å². The van der Waals surface area contributed by atoms with E-state index in [4.69, 9.17) is 14.2 Å². The van der Waals surface area contributed by atoms with E-state index in [1.165, 1.54) is 51.4 Å². The molecule has 0 unspecified atom stereocenters. The fourth-order valence-corrected chi connectivity index (χ4v) is 10.6. The molecule has 3 fully saturated rings. The van der Waals surface area contributed by atoms with Crippen molar-refractivity contribution in [2.75, 3.05) is 46.1 Å². The maximum atomic E-state index is 12.0. The minimum Gasteiger partial charge on any atom is -0.462 e. The molecule has 0 aromatic rings. The number of hydrogen-bond acceptors (Lipinski definition) is 5. The van der Waals surface area contributed by atoms with E-state index in [0.29, 0.717) is 5.41 Å². The van der Waals surface area contributed by atoms with E-state index in [-0.39, 0.29) is 17.5 Å². The Hall–Kier alpha value is -0.910. The molecule has 248 valence electrons. The maximum absolute atomic E-state index is 12.0. The van der Waals surface area contributed by atoms with E-state index < -0.39 is 0 Å². The molecule has 5 nitrogen and oxygen atoms in total. The number of hydrogen-bond donors (Lipinski definition) is 0. The van der Waals surface area contributed by atoms with E-state index in [1.807, 2.05) is 0 Å². The third-order valence-corrected chi connectivity index (χ3v) is 12.7. The average molecular weight is 602 g/mol. The number of carbonyl (C=O) groups is 1. The third kappa shape index (κ3) is 8.09. The topological polar surface area (TPSA) is 48.0 Å². The van der Waals surface area contributed by atoms with Gasteiger partial charge in [0.25, 0.3) is 0 Å². The van der Waals surface area contributed by atoms with Gasteiger partial charge in [0.1, 0.15) is 6.10 Å². The Kier molecular flexibility index (Phi) is 12.7. The molecule has 0 bridgehead atoms. The monoisotopic (exact) mass is 602 g/mol. The molecule has 4 rings (SSSR count). The SMILES string of the molecule is CCOCCN(CCOCC)CC1=C2C[C@@H](OC(C)=O)CC[C@]2(C)[C@H]2CC[C@]3(C)[C@@H]([C@H](C)CCCC(C)C)CC[C@H]3[C@@H]2C1. The Morgan fingerprint density at radius 2 is 1.60 bits per heavy atom. The van der Waals surface area contributed by atoms with Crippen LogP contribution >= 0.6 is 0 Å². The van der Waals surface area contributed by atoms with Gasteiger partial charge in [-0.2, -0.15) is 0 Å². The highest BCUT2D eigenvalue weighted by Crippen LogP contribution is 2.68. The first-order valence-corrected chi connectivity index (χ1v) is 18.3. The second-order valence-electron chi connectivity index (χ2n) is 15.8. The van der Waals surface area contributed by atoms with Crippen LogP contribution in [-0.2, 0) is 19.0 Å². The number of rotatable bonds is 16. The first-order valence-electron chi connectivity index (χ1n) is 18.3. The fraction of sp³-hybridized carbons (Fsp3) is 0.921. The molecule has 0 aliphatic heterocycles. The van der Waals surface area contributed by atoms with E-state index >= 15 is 0 Å². The highest BCUT2D eigenvalue weighted by molar-refractivity contribution is 5.66. The molecule has 0 saturated heterocycles. The van der Waals surface area contributed by atoms with Crippen LogP contribution in [0.2, 0.25) is 0 Å². The van der Waals surface area contributed by atoms with Crippen LogP contribution in [0.1, 0.15) is 126 Å². The van der Waals surface area contributed by atoms with Crippen molar-refractivity contribution >= 4 is 5.97 Å². The smallest absolute Gasteiger partial charge is 0.302 e. The van der Waals surface area contributed by atoms with Gasteiger partial charge in [-0.25, -0.2) is 0 Å². The summed E-state index contributed by atoms with van der Waals surface area (Å²) < 4.78 is 17.5. The van der Waals surface area contributed by atoms with Crippen LogP contribution in [0.25, 0.3) is 0 Å². The Morgan fingerprint density at radius 1 is 0.907 bits per heavy atom. The van der Waals surface area contributed by atoms with Crippen LogP contribution in [0, 0.1) is 46.3 Å². The summed E-state index contributed by atoms with van der Waals surface area (Å²) in [5.41, 5.74) is 4.01. The minimum absolute atomic E-state index is 0.0313. The van der Waals surface area contributed by atoms with Gasteiger partial charge in [-0.3, -0.25) is 9.69 Å². The lowest BCUT2D eigenvalue weighted by atomic mass is 9.46. The lowest BCUT2D eigenvalue weighted by Crippen LogP contribution is -2.52. The standard InChI is InChI=1S/C38H67NO4/c1-9-41-22-20-39(21-23-42-10-2)26-30-24-32-34-15-14-33(28(5)13-11-12-27(3)4)37(34,7)19-17-35(32)38(8)18-16-31(25-36(30)38)43-29(6)40/h27-28,31-35H,9-26H2,1-8H3/t28-,31+,32+,33-,34+,35+,37-,38-/m1/s1. The first-order chi connectivity index (χ1) is 20.5. The molecule has 5 heteroatoms. The summed E-state index contributed by atoms with van der Waals surface area (Å²) in [6.07, 6.45) is 14.1. The molecule has 3 saturated carbocycles. The molecule has 0 aromatic carbocycles. The van der Waals surface area contributed by atoms with Crippen molar-refractivity contribution in [3.8, 4) is 0 Å². The average Bonchev–Trinajstić information content (AvgIpc) is 3.30. The predicted octanol–water partition coefficient (Wildman–Crippen LogP) is 8.70. The highest BCUT2D eigenvalue weighted by atomic mass is 16.5. The molecule has 0 amide bonds. The van der Waals surface area contributed by atoms with Crippen molar-refractivity contribution in [3.63, 3.8) is 0 Å². The summed E-state index contributed by atoms with van der Waals surface area (Å²) in [5, 5.41) is 0. The largest absolute Gasteiger partial charge is 0.462 e. The summed E-state index contributed by atoms with van der Waals surface area (Å²) in [4.78, 5) is 14.6. The summed E-state index contributed by atoms with van der Waals surface area (Å²) in [6, 6.07) is 0. The van der Waals surface area contributed by atoms with Crippen LogP contribution in [-0.4, -0.2) is 63.0 Å². The summed E-state index contributed by atoms with van der Waals surface area (Å²) in [5.74, 6) is 4.77. The van der Waals surface area contributed by atoms with E-state index in [9.17, 15) is 4.79 Å². The molecule has 0 spiro atoms. The molecular weight excluding hydrogens is 534 g/mol. The van der Waals surface area contributed by atoms with E-state index in [1.54, 1.807) is 18.1 Å². The first kappa shape index (κ1) is 35.0. The zero-order chi connectivity index (χ0) is 31.2. The lowest BCUT2D eigenvalue weighted by molar-refractivity contribution is -0.148. The van der Waals surface area contributed by atoms with Crippen LogP contribution in [0.5, 0.6) is 0 Å². The minimum atomic E-state index is -0.132. The third-order valence-electron chi connectivity index (χ3n) is 12.7. The van der Waals surface area contributed by atoms with Crippen molar-refractivity contribution in [2.45, 2.75) is 132 Å². The molecule has 8 atom stereocenters. The quantitative estimate of drug-likeness (QED) is 0.101. The zero-order valence-corrected chi connectivity index (χ0v) is 29.3. The Bertz CT molecular complexity index is 921. The van der Waals surface area contributed by atoms with Crippen LogP contribution in [0.15, 0.2) is 11.1 Å². The van der Waals surface area contributed by atoms with Crippen LogP contribution < -0.4 is 0 Å². The van der Waals surface area contributed by atoms with Crippen molar-refractivity contribution in [2.24, 2.45) is 46.3 Å². The van der Waals surface area contributed by atoms with Gasteiger partial charge in [-0.15, -0.1) is 0 Å². The Labute approximate surface area is 265 Å². The number of nitrogens with zero attached hydrogens (tertiary/aromatic N) is 1. The van der Waals surface area contributed by atoms with Crippen molar-refractivity contribution < 1.29 is 19.0 Å². The predicted molar refractivity (Wildman–Crippen MR) is 177 cm³/mol. The van der Waals surface area contributed by atoms with Crippen molar-refractivity contribution in [1.29, 1.82) is 0 Å². The van der Waals surface area contributed by atoms with Crippen molar-refractivity contribution in [3.05, 3.63) is 11.1 Å². The molecule has 43 heavy (non-hydrogen) atoms. The molecular formula is C38H67NO4. The second-order valence-corrected chi connectivity index (χ2v) is 15.8. The summed E-state index contributed by atoms with van der Waals surface area (Å²) >= 11 is 0. The number of fused-ring (bicyclic) bond motifs is 5. The van der Waals surface area contributed by atoms with Gasteiger partial charge in [0.2, 0.25) is 0 Å². The van der Waals surface area contributed by atoms with Gasteiger partial charge < -0.3 is 14.2 Å². The summed E-state index contributed by atoms with van der Waals surface area (Å²) in [6.45, 7) is 24.3. The molecule has 0 aromatic heterocycles. The second kappa shape index (κ2) is 15.6. The van der Waals surface area contributed by atoms with Crippen LogP contribution in [0.4, 0.5) is 0 Å². The van der Waals surface area contributed by atoms with Gasteiger partial charge in [-0.1, -0.05) is 65.0 Å². The maximum Gasteiger partial charge on any atom is 0.302 e. The fourth-order valence-electron chi connectivity index (χ4n) is 10.6. The van der Waals surface area contributed by atoms with E-state index in [2.05, 4.69) is 53.4 Å². The van der Waals surface area contributed by atoms with Gasteiger partial charge in [0, 0.05) is 46.2 Å². The highest BCUT2D eigenvalue weighted by Gasteiger charge is 2.60. The van der Waals surface area contributed by atoms with Gasteiger partial charge in [0.05, 0.1) is 13.2 Å². The lowest BCUT2D eigenvalue weighted by Gasteiger charge is -2.60. The molecule has 0 N–H and O–H groups in total. The molecule has 4 aliphatic rings. The van der Waals surface area contributed by atoms with Crippen molar-refractivity contribution in [1.82, 2.24) is 4.90 Å². The number of esters is 1. The molecule has 0 radical (unpaired) electrons. The Balaban J connectivity index is 1.61. The van der Waals surface area contributed by atoms with E-state index in [0.717, 1.165) is 101 Å². The summed E-state index contributed by atoms with van der Waals surface area (Å²) in [7, 11) is 0. The normalized spacial score (nSPS) is 34.7. The zero-order valence-electron chi connectivity index (χ0n) is 29.3. The van der Waals surface area contributed by atoms with Gasteiger partial charge in [-0.05, 0) is 105 Å².